The Morgan fingerprint density at radius 3 is 2.65 bits per heavy atom. The Labute approximate surface area is 124 Å². The third-order valence-corrected chi connectivity index (χ3v) is 3.23. The fourth-order valence-electron chi connectivity index (χ4n) is 1.98. The Balaban J connectivity index is 2.08. The summed E-state index contributed by atoms with van der Waals surface area (Å²) in [4.78, 5) is 6.57. The van der Waals surface area contributed by atoms with Crippen molar-refractivity contribution in [2.45, 2.75) is 20.4 Å². The van der Waals surface area contributed by atoms with Gasteiger partial charge in [-0.25, -0.2) is 4.98 Å². The molecule has 0 aliphatic carbocycles. The lowest BCUT2D eigenvalue weighted by molar-refractivity contribution is 0.271. The van der Waals surface area contributed by atoms with Crippen LogP contribution in [0, 0.1) is 0 Å². The molecule has 1 aromatic carbocycles. The zero-order valence-electron chi connectivity index (χ0n) is 11.9. The molecule has 4 heteroatoms. The highest BCUT2D eigenvalue weighted by molar-refractivity contribution is 6.30. The first-order chi connectivity index (χ1) is 9.58. The van der Waals surface area contributed by atoms with E-state index in [9.17, 15) is 0 Å². The van der Waals surface area contributed by atoms with Crippen molar-refractivity contribution in [3.63, 3.8) is 0 Å². The molecule has 0 aliphatic rings. The highest BCUT2D eigenvalue weighted by Gasteiger charge is 2.10. The summed E-state index contributed by atoms with van der Waals surface area (Å²) in [7, 11) is 0. The molecule has 20 heavy (non-hydrogen) atoms. The zero-order valence-corrected chi connectivity index (χ0v) is 12.7. The fourth-order valence-corrected chi connectivity index (χ4v) is 2.11. The van der Waals surface area contributed by atoms with Gasteiger partial charge in [0.1, 0.15) is 0 Å². The molecule has 2 aromatic rings. The Morgan fingerprint density at radius 1 is 1.35 bits per heavy atom. The molecule has 1 heterocycles. The molecular formula is C16H19ClN2O. The highest BCUT2D eigenvalue weighted by atomic mass is 35.5. The minimum atomic E-state index is 0.691. The second-order valence-electron chi connectivity index (χ2n) is 4.89. The summed E-state index contributed by atoms with van der Waals surface area (Å²) in [6.45, 7) is 10.6. The molecule has 0 saturated heterocycles. The fraction of sp³-hybridized carbons (Fsp3) is 0.312. The van der Waals surface area contributed by atoms with Crippen LogP contribution in [-0.4, -0.2) is 23.0 Å². The first-order valence-corrected chi connectivity index (χ1v) is 7.03. The van der Waals surface area contributed by atoms with Crippen LogP contribution in [0.2, 0.25) is 5.02 Å². The van der Waals surface area contributed by atoms with Crippen LogP contribution in [0.1, 0.15) is 19.7 Å². The van der Waals surface area contributed by atoms with Gasteiger partial charge >= 0.3 is 0 Å². The lowest BCUT2D eigenvalue weighted by Crippen LogP contribution is -2.24. The van der Waals surface area contributed by atoms with Gasteiger partial charge in [0.05, 0.1) is 12.7 Å². The monoisotopic (exact) mass is 290 g/mol. The van der Waals surface area contributed by atoms with Gasteiger partial charge < -0.3 is 4.42 Å². The van der Waals surface area contributed by atoms with E-state index >= 15 is 0 Å². The SMILES string of the molecule is C=C(C)CN(CC)Cc1ncc(-c2ccc(Cl)cc2)o1. The van der Waals surface area contributed by atoms with E-state index in [1.54, 1.807) is 6.20 Å². The minimum Gasteiger partial charge on any atom is -0.439 e. The van der Waals surface area contributed by atoms with Crippen LogP contribution in [0.4, 0.5) is 0 Å². The van der Waals surface area contributed by atoms with E-state index in [0.29, 0.717) is 11.6 Å². The summed E-state index contributed by atoms with van der Waals surface area (Å²) >= 11 is 5.88. The number of halogens is 1. The first-order valence-electron chi connectivity index (χ1n) is 6.66. The summed E-state index contributed by atoms with van der Waals surface area (Å²) in [5.74, 6) is 1.49. The van der Waals surface area contributed by atoms with Crippen molar-refractivity contribution in [1.82, 2.24) is 9.88 Å². The number of likely N-dealkylation sites (N-methyl/N-ethyl adjacent to an activating group) is 1. The van der Waals surface area contributed by atoms with Crippen molar-refractivity contribution < 1.29 is 4.42 Å². The molecule has 0 aliphatic heterocycles. The second-order valence-corrected chi connectivity index (χ2v) is 5.32. The number of hydrogen-bond acceptors (Lipinski definition) is 3. The van der Waals surface area contributed by atoms with Crippen LogP contribution in [0.3, 0.4) is 0 Å². The third kappa shape index (κ3) is 3.95. The molecule has 0 unspecified atom stereocenters. The molecule has 0 spiro atoms. The smallest absolute Gasteiger partial charge is 0.209 e. The molecule has 0 atom stereocenters. The normalized spacial score (nSPS) is 11.0. The first kappa shape index (κ1) is 14.8. The van der Waals surface area contributed by atoms with Crippen molar-refractivity contribution in [2.24, 2.45) is 0 Å². The molecule has 0 N–H and O–H groups in total. The van der Waals surface area contributed by atoms with Crippen molar-refractivity contribution in [3.05, 3.63) is 53.5 Å². The van der Waals surface area contributed by atoms with Crippen molar-refractivity contribution in [3.8, 4) is 11.3 Å². The Bertz CT molecular complexity index is 574. The number of benzene rings is 1. The predicted octanol–water partition coefficient (Wildman–Crippen LogP) is 4.39. The molecule has 0 amide bonds. The van der Waals surface area contributed by atoms with Crippen LogP contribution >= 0.6 is 11.6 Å². The molecule has 0 bridgehead atoms. The van der Waals surface area contributed by atoms with Crippen LogP contribution in [0.5, 0.6) is 0 Å². The van der Waals surface area contributed by atoms with E-state index in [1.165, 1.54) is 0 Å². The molecule has 2 rings (SSSR count). The predicted molar refractivity (Wildman–Crippen MR) is 82.7 cm³/mol. The van der Waals surface area contributed by atoms with Gasteiger partial charge in [-0.1, -0.05) is 30.7 Å². The molecule has 3 nitrogen and oxygen atoms in total. The van der Waals surface area contributed by atoms with Gasteiger partial charge in [0.25, 0.3) is 0 Å². The average Bonchev–Trinajstić information content (AvgIpc) is 2.87. The van der Waals surface area contributed by atoms with Gasteiger partial charge in [-0.05, 0) is 37.7 Å². The summed E-state index contributed by atoms with van der Waals surface area (Å²) in [6, 6.07) is 7.55. The van der Waals surface area contributed by atoms with E-state index < -0.39 is 0 Å². The van der Waals surface area contributed by atoms with Gasteiger partial charge in [-0.2, -0.15) is 0 Å². The van der Waals surface area contributed by atoms with E-state index in [1.807, 2.05) is 31.2 Å². The number of oxazole rings is 1. The van der Waals surface area contributed by atoms with Crippen LogP contribution in [-0.2, 0) is 6.54 Å². The molecule has 0 saturated carbocycles. The van der Waals surface area contributed by atoms with Crippen molar-refractivity contribution >= 4 is 11.6 Å². The Hall–Kier alpha value is -1.58. The molecular weight excluding hydrogens is 272 g/mol. The van der Waals surface area contributed by atoms with E-state index in [0.717, 1.165) is 35.9 Å². The summed E-state index contributed by atoms with van der Waals surface area (Å²) in [6.07, 6.45) is 1.76. The maximum absolute atomic E-state index is 5.88. The van der Waals surface area contributed by atoms with Gasteiger partial charge in [0.2, 0.25) is 5.89 Å². The number of hydrogen-bond donors (Lipinski definition) is 0. The lowest BCUT2D eigenvalue weighted by Gasteiger charge is -2.18. The molecule has 1 aromatic heterocycles. The number of rotatable bonds is 6. The highest BCUT2D eigenvalue weighted by Crippen LogP contribution is 2.22. The van der Waals surface area contributed by atoms with Crippen molar-refractivity contribution in [2.75, 3.05) is 13.1 Å². The van der Waals surface area contributed by atoms with Gasteiger partial charge in [-0.3, -0.25) is 4.90 Å². The van der Waals surface area contributed by atoms with E-state index in [2.05, 4.69) is 23.4 Å². The van der Waals surface area contributed by atoms with Gasteiger partial charge in [0.15, 0.2) is 5.76 Å². The minimum absolute atomic E-state index is 0.691. The topological polar surface area (TPSA) is 29.3 Å². The molecule has 0 fully saturated rings. The molecule has 106 valence electrons. The summed E-state index contributed by atoms with van der Waals surface area (Å²) < 4.78 is 5.80. The summed E-state index contributed by atoms with van der Waals surface area (Å²) in [5.41, 5.74) is 2.12. The van der Waals surface area contributed by atoms with Gasteiger partial charge in [0, 0.05) is 17.1 Å². The summed E-state index contributed by atoms with van der Waals surface area (Å²) in [5, 5.41) is 0.715. The Morgan fingerprint density at radius 2 is 2.05 bits per heavy atom. The van der Waals surface area contributed by atoms with E-state index in [4.69, 9.17) is 16.0 Å². The van der Waals surface area contributed by atoms with Crippen LogP contribution < -0.4 is 0 Å². The number of nitrogens with zero attached hydrogens (tertiary/aromatic N) is 2. The average molecular weight is 291 g/mol. The van der Waals surface area contributed by atoms with Crippen LogP contribution in [0.25, 0.3) is 11.3 Å². The molecule has 0 radical (unpaired) electrons. The lowest BCUT2D eigenvalue weighted by atomic mass is 10.2. The quantitative estimate of drug-likeness (QED) is 0.739. The standard InChI is InChI=1S/C16H19ClN2O/c1-4-19(10-12(2)3)11-16-18-9-15(20-16)13-5-7-14(17)8-6-13/h5-9H,2,4,10-11H2,1,3H3. The maximum atomic E-state index is 5.88. The van der Waals surface area contributed by atoms with Crippen LogP contribution in [0.15, 0.2) is 47.0 Å². The third-order valence-electron chi connectivity index (χ3n) is 2.98. The second kappa shape index (κ2) is 6.73. The van der Waals surface area contributed by atoms with Crippen molar-refractivity contribution in [1.29, 1.82) is 0 Å². The largest absolute Gasteiger partial charge is 0.439 e. The Kier molecular flexibility index (Phi) is 4.99. The number of aromatic nitrogens is 1. The maximum Gasteiger partial charge on any atom is 0.209 e. The van der Waals surface area contributed by atoms with Gasteiger partial charge in [-0.15, -0.1) is 0 Å². The zero-order chi connectivity index (χ0) is 14.5. The van der Waals surface area contributed by atoms with E-state index in [-0.39, 0.29) is 0 Å².